The molecule has 1 atom stereocenters. The van der Waals surface area contributed by atoms with Crippen molar-refractivity contribution in [3.63, 3.8) is 0 Å². The van der Waals surface area contributed by atoms with Crippen LogP contribution in [-0.2, 0) is 6.42 Å². The molecule has 1 unspecified atom stereocenters. The summed E-state index contributed by atoms with van der Waals surface area (Å²) in [7, 11) is 0. The number of halogens is 1. The highest BCUT2D eigenvalue weighted by molar-refractivity contribution is 5.63. The van der Waals surface area contributed by atoms with E-state index in [9.17, 15) is 4.39 Å². The fourth-order valence-electron chi connectivity index (χ4n) is 2.86. The van der Waals surface area contributed by atoms with Crippen molar-refractivity contribution in [1.82, 2.24) is 0 Å². The van der Waals surface area contributed by atoms with E-state index in [0.29, 0.717) is 12.7 Å². The van der Waals surface area contributed by atoms with Crippen LogP contribution >= 0.6 is 0 Å². The SMILES string of the molecule is Fc1ccc(C2CNc3cc4c(cc3C2)OCO4)cc1. The Morgan fingerprint density at radius 3 is 2.60 bits per heavy atom. The molecule has 0 saturated heterocycles. The molecular formula is C16H14FNO2. The van der Waals surface area contributed by atoms with Gasteiger partial charge < -0.3 is 14.8 Å². The van der Waals surface area contributed by atoms with Crippen LogP contribution in [0.3, 0.4) is 0 Å². The summed E-state index contributed by atoms with van der Waals surface area (Å²) in [4.78, 5) is 0. The van der Waals surface area contributed by atoms with Crippen LogP contribution in [-0.4, -0.2) is 13.3 Å². The van der Waals surface area contributed by atoms with E-state index >= 15 is 0 Å². The maximum absolute atomic E-state index is 13.0. The summed E-state index contributed by atoms with van der Waals surface area (Å²) in [6.07, 6.45) is 0.921. The maximum atomic E-state index is 13.0. The van der Waals surface area contributed by atoms with Crippen molar-refractivity contribution in [2.45, 2.75) is 12.3 Å². The monoisotopic (exact) mass is 271 g/mol. The van der Waals surface area contributed by atoms with E-state index in [1.54, 1.807) is 0 Å². The Bertz CT molecular complexity index is 654. The number of ether oxygens (including phenoxy) is 2. The van der Waals surface area contributed by atoms with E-state index in [-0.39, 0.29) is 5.82 Å². The number of nitrogens with one attached hydrogen (secondary N) is 1. The van der Waals surface area contributed by atoms with E-state index in [2.05, 4.69) is 5.32 Å². The second kappa shape index (κ2) is 4.40. The molecule has 4 rings (SSSR count). The van der Waals surface area contributed by atoms with Gasteiger partial charge in [0, 0.05) is 24.2 Å². The third-order valence-electron chi connectivity index (χ3n) is 3.95. The zero-order valence-electron chi connectivity index (χ0n) is 10.9. The topological polar surface area (TPSA) is 30.5 Å². The molecule has 0 aromatic heterocycles. The van der Waals surface area contributed by atoms with Crippen molar-refractivity contribution >= 4 is 5.69 Å². The van der Waals surface area contributed by atoms with Gasteiger partial charge in [0.05, 0.1) is 0 Å². The molecule has 2 aromatic carbocycles. The first kappa shape index (κ1) is 11.6. The fraction of sp³-hybridized carbons (Fsp3) is 0.250. The zero-order valence-corrected chi connectivity index (χ0v) is 10.9. The van der Waals surface area contributed by atoms with Crippen molar-refractivity contribution in [3.05, 3.63) is 53.3 Å². The fourth-order valence-corrected chi connectivity index (χ4v) is 2.86. The standard InChI is InChI=1S/C16H14FNO2/c17-13-3-1-10(2-4-13)12-5-11-6-15-16(20-9-19-15)7-14(11)18-8-12/h1-4,6-7,12,18H,5,8-9H2. The number of hydrogen-bond acceptors (Lipinski definition) is 3. The van der Waals surface area contributed by atoms with E-state index in [4.69, 9.17) is 9.47 Å². The van der Waals surface area contributed by atoms with Crippen molar-refractivity contribution in [2.75, 3.05) is 18.7 Å². The first-order valence-corrected chi connectivity index (χ1v) is 6.71. The lowest BCUT2D eigenvalue weighted by molar-refractivity contribution is 0.174. The molecule has 2 heterocycles. The van der Waals surface area contributed by atoms with Crippen molar-refractivity contribution in [2.24, 2.45) is 0 Å². The molecule has 0 amide bonds. The Hall–Kier alpha value is -2.23. The highest BCUT2D eigenvalue weighted by Gasteiger charge is 2.24. The maximum Gasteiger partial charge on any atom is 0.231 e. The van der Waals surface area contributed by atoms with Crippen molar-refractivity contribution in [3.8, 4) is 11.5 Å². The Balaban J connectivity index is 1.64. The normalized spacial score (nSPS) is 19.4. The zero-order chi connectivity index (χ0) is 13.5. The van der Waals surface area contributed by atoms with Crippen molar-refractivity contribution in [1.29, 1.82) is 0 Å². The second-order valence-corrected chi connectivity index (χ2v) is 5.20. The highest BCUT2D eigenvalue weighted by Crippen LogP contribution is 2.40. The summed E-state index contributed by atoms with van der Waals surface area (Å²) in [5.74, 6) is 1.77. The quantitative estimate of drug-likeness (QED) is 0.863. The van der Waals surface area contributed by atoms with E-state index in [1.165, 1.54) is 17.7 Å². The number of benzene rings is 2. The molecule has 4 heteroatoms. The minimum Gasteiger partial charge on any atom is -0.454 e. The lowest BCUT2D eigenvalue weighted by atomic mass is 9.88. The average molecular weight is 271 g/mol. The molecule has 102 valence electrons. The average Bonchev–Trinajstić information content (AvgIpc) is 2.92. The molecule has 2 aliphatic heterocycles. The van der Waals surface area contributed by atoms with E-state index in [0.717, 1.165) is 35.7 Å². The van der Waals surface area contributed by atoms with Crippen LogP contribution in [0.1, 0.15) is 17.0 Å². The van der Waals surface area contributed by atoms with Gasteiger partial charge in [0.15, 0.2) is 11.5 Å². The molecule has 2 aromatic rings. The summed E-state index contributed by atoms with van der Waals surface area (Å²) in [5, 5.41) is 3.43. The predicted molar refractivity (Wildman–Crippen MR) is 73.9 cm³/mol. The summed E-state index contributed by atoms with van der Waals surface area (Å²) >= 11 is 0. The Morgan fingerprint density at radius 1 is 1.05 bits per heavy atom. The first-order chi connectivity index (χ1) is 9.79. The van der Waals surface area contributed by atoms with Gasteiger partial charge in [0.25, 0.3) is 0 Å². The largest absolute Gasteiger partial charge is 0.454 e. The molecule has 0 fully saturated rings. The summed E-state index contributed by atoms with van der Waals surface area (Å²) < 4.78 is 23.8. The molecule has 0 aliphatic carbocycles. The predicted octanol–water partition coefficient (Wildman–Crippen LogP) is 3.31. The molecule has 0 bridgehead atoms. The summed E-state index contributed by atoms with van der Waals surface area (Å²) in [5.41, 5.74) is 3.48. The minimum absolute atomic E-state index is 0.193. The Morgan fingerprint density at radius 2 is 1.80 bits per heavy atom. The Labute approximate surface area is 116 Å². The third-order valence-corrected chi connectivity index (χ3v) is 3.95. The van der Waals surface area contributed by atoms with Gasteiger partial charge in [-0.1, -0.05) is 12.1 Å². The van der Waals surface area contributed by atoms with Crippen LogP contribution in [0.2, 0.25) is 0 Å². The number of anilines is 1. The van der Waals surface area contributed by atoms with Gasteiger partial charge in [-0.3, -0.25) is 0 Å². The van der Waals surface area contributed by atoms with Gasteiger partial charge in [-0.2, -0.15) is 0 Å². The number of fused-ring (bicyclic) bond motifs is 2. The van der Waals surface area contributed by atoms with Crippen LogP contribution in [0.4, 0.5) is 10.1 Å². The third kappa shape index (κ3) is 1.88. The molecule has 0 saturated carbocycles. The molecular weight excluding hydrogens is 257 g/mol. The van der Waals surface area contributed by atoms with Gasteiger partial charge in [0.2, 0.25) is 6.79 Å². The molecule has 0 spiro atoms. The molecule has 2 aliphatic rings. The molecule has 1 N–H and O–H groups in total. The van der Waals surface area contributed by atoms with Gasteiger partial charge in [-0.05, 0) is 35.7 Å². The first-order valence-electron chi connectivity index (χ1n) is 6.71. The second-order valence-electron chi connectivity index (χ2n) is 5.20. The highest BCUT2D eigenvalue weighted by atomic mass is 19.1. The molecule has 20 heavy (non-hydrogen) atoms. The van der Waals surface area contributed by atoms with Crippen LogP contribution in [0, 0.1) is 5.82 Å². The number of hydrogen-bond donors (Lipinski definition) is 1. The molecule has 0 radical (unpaired) electrons. The lowest BCUT2D eigenvalue weighted by Gasteiger charge is -2.26. The molecule has 3 nitrogen and oxygen atoms in total. The van der Waals surface area contributed by atoms with Gasteiger partial charge in [-0.25, -0.2) is 4.39 Å². The van der Waals surface area contributed by atoms with Crippen LogP contribution in [0.25, 0.3) is 0 Å². The van der Waals surface area contributed by atoms with E-state index in [1.807, 2.05) is 24.3 Å². The van der Waals surface area contributed by atoms with Gasteiger partial charge in [0.1, 0.15) is 5.82 Å². The number of rotatable bonds is 1. The van der Waals surface area contributed by atoms with Crippen LogP contribution in [0.5, 0.6) is 11.5 Å². The summed E-state index contributed by atoms with van der Waals surface area (Å²) in [6.45, 7) is 1.14. The minimum atomic E-state index is -0.193. The van der Waals surface area contributed by atoms with Crippen molar-refractivity contribution < 1.29 is 13.9 Å². The van der Waals surface area contributed by atoms with Gasteiger partial charge >= 0.3 is 0 Å². The Kier molecular flexibility index (Phi) is 2.55. The summed E-state index contributed by atoms with van der Waals surface area (Å²) in [6, 6.07) is 10.8. The van der Waals surface area contributed by atoms with Crippen LogP contribution in [0.15, 0.2) is 36.4 Å². The smallest absolute Gasteiger partial charge is 0.231 e. The van der Waals surface area contributed by atoms with E-state index < -0.39 is 0 Å². The van der Waals surface area contributed by atoms with Crippen LogP contribution < -0.4 is 14.8 Å². The van der Waals surface area contributed by atoms with Gasteiger partial charge in [-0.15, -0.1) is 0 Å². The lowest BCUT2D eigenvalue weighted by Crippen LogP contribution is -2.21.